The number of nitrogens with zero attached hydrogens (tertiary/aromatic N) is 2. The molecular weight excluding hydrogens is 282 g/mol. The van der Waals surface area contributed by atoms with Gasteiger partial charge in [-0.15, -0.1) is 0 Å². The van der Waals surface area contributed by atoms with Crippen LogP contribution in [-0.4, -0.2) is 15.9 Å². The normalized spacial score (nSPS) is 22.4. The summed E-state index contributed by atoms with van der Waals surface area (Å²) >= 11 is 1.48. The third kappa shape index (κ3) is 2.35. The van der Waals surface area contributed by atoms with Crippen molar-refractivity contribution in [3.63, 3.8) is 0 Å². The number of carbonyl (C=O) groups is 1. The molecule has 0 saturated heterocycles. The number of amides is 1. The van der Waals surface area contributed by atoms with Crippen molar-refractivity contribution in [1.29, 1.82) is 0 Å². The van der Waals surface area contributed by atoms with E-state index in [9.17, 15) is 4.79 Å². The van der Waals surface area contributed by atoms with Gasteiger partial charge in [0.1, 0.15) is 0 Å². The van der Waals surface area contributed by atoms with Gasteiger partial charge in [-0.25, -0.2) is 4.98 Å². The highest BCUT2D eigenvalue weighted by molar-refractivity contribution is 7.19. The second-order valence-corrected chi connectivity index (χ2v) is 7.09. The van der Waals surface area contributed by atoms with Crippen molar-refractivity contribution in [3.05, 3.63) is 30.6 Å². The van der Waals surface area contributed by atoms with Crippen LogP contribution in [0.15, 0.2) is 30.6 Å². The van der Waals surface area contributed by atoms with E-state index in [4.69, 9.17) is 0 Å². The first-order valence-electron chi connectivity index (χ1n) is 7.45. The maximum Gasteiger partial charge on any atom is 0.229 e. The lowest BCUT2D eigenvalue weighted by molar-refractivity contribution is -0.118. The lowest BCUT2D eigenvalue weighted by Crippen LogP contribution is -2.17. The Kier molecular flexibility index (Phi) is 3.03. The second-order valence-electron chi connectivity index (χ2n) is 6.06. The maximum absolute atomic E-state index is 12.3. The highest BCUT2D eigenvalue weighted by Crippen LogP contribution is 2.63. The summed E-state index contributed by atoms with van der Waals surface area (Å²) in [6, 6.07) is 5.79. The summed E-state index contributed by atoms with van der Waals surface area (Å²) in [6.45, 7) is 0. The first-order valence-corrected chi connectivity index (χ1v) is 8.27. The summed E-state index contributed by atoms with van der Waals surface area (Å²) in [5.74, 6) is 0.362. The fourth-order valence-corrected chi connectivity index (χ4v) is 4.30. The van der Waals surface area contributed by atoms with E-state index in [0.29, 0.717) is 10.5 Å². The Hall–Kier alpha value is -1.75. The van der Waals surface area contributed by atoms with Crippen LogP contribution in [0, 0.1) is 11.3 Å². The van der Waals surface area contributed by atoms with E-state index in [1.54, 1.807) is 12.4 Å². The number of thiazole rings is 1. The van der Waals surface area contributed by atoms with Crippen molar-refractivity contribution in [2.75, 3.05) is 5.32 Å². The average Bonchev–Trinajstić information content (AvgIpc) is 2.85. The van der Waals surface area contributed by atoms with E-state index in [1.807, 2.05) is 18.2 Å². The summed E-state index contributed by atoms with van der Waals surface area (Å²) in [5, 5.41) is 3.67. The third-order valence-corrected chi connectivity index (χ3v) is 5.69. The molecular formula is C16H17N3OS. The summed E-state index contributed by atoms with van der Waals surface area (Å²) in [7, 11) is 0. The van der Waals surface area contributed by atoms with Gasteiger partial charge in [-0.3, -0.25) is 9.78 Å². The molecule has 108 valence electrons. The van der Waals surface area contributed by atoms with E-state index in [0.717, 1.165) is 17.0 Å². The summed E-state index contributed by atoms with van der Waals surface area (Å²) in [6.07, 6.45) is 9.62. The first-order chi connectivity index (χ1) is 10.3. The predicted octanol–water partition coefficient (Wildman–Crippen LogP) is 3.72. The molecule has 0 aromatic carbocycles. The zero-order valence-corrected chi connectivity index (χ0v) is 12.5. The molecule has 4 rings (SSSR count). The zero-order valence-electron chi connectivity index (χ0n) is 11.7. The van der Waals surface area contributed by atoms with Gasteiger partial charge in [-0.1, -0.05) is 30.2 Å². The molecule has 4 nitrogen and oxygen atoms in total. The molecule has 1 amide bonds. The first kappa shape index (κ1) is 13.0. The molecule has 1 N–H and O–H groups in total. The molecule has 1 unspecified atom stereocenters. The predicted molar refractivity (Wildman–Crippen MR) is 83.0 cm³/mol. The number of carbonyl (C=O) groups excluding carboxylic acids is 1. The Morgan fingerprint density at radius 2 is 2.14 bits per heavy atom. The van der Waals surface area contributed by atoms with Crippen molar-refractivity contribution in [2.45, 2.75) is 32.1 Å². The smallest absolute Gasteiger partial charge is 0.229 e. The van der Waals surface area contributed by atoms with Gasteiger partial charge in [0.25, 0.3) is 0 Å². The summed E-state index contributed by atoms with van der Waals surface area (Å²) in [4.78, 5) is 21.9. The minimum Gasteiger partial charge on any atom is -0.302 e. The third-order valence-electron chi connectivity index (χ3n) is 4.76. The molecule has 0 aliphatic heterocycles. The fourth-order valence-electron chi connectivity index (χ4n) is 3.50. The van der Waals surface area contributed by atoms with Gasteiger partial charge in [0.15, 0.2) is 5.13 Å². The van der Waals surface area contributed by atoms with Crippen LogP contribution in [0.1, 0.15) is 32.1 Å². The molecule has 21 heavy (non-hydrogen) atoms. The molecule has 0 bridgehead atoms. The van der Waals surface area contributed by atoms with E-state index >= 15 is 0 Å². The van der Waals surface area contributed by atoms with Gasteiger partial charge in [0, 0.05) is 18.3 Å². The molecule has 5 heteroatoms. The van der Waals surface area contributed by atoms with Gasteiger partial charge in [0.2, 0.25) is 5.91 Å². The van der Waals surface area contributed by atoms with Crippen molar-refractivity contribution in [3.8, 4) is 10.6 Å². The number of hydrogen-bond acceptors (Lipinski definition) is 4. The van der Waals surface area contributed by atoms with Crippen LogP contribution >= 0.6 is 11.3 Å². The fraction of sp³-hybridized carbons (Fsp3) is 0.438. The van der Waals surface area contributed by atoms with Crippen molar-refractivity contribution >= 4 is 22.4 Å². The Labute approximate surface area is 127 Å². The van der Waals surface area contributed by atoms with Crippen LogP contribution < -0.4 is 5.32 Å². The lowest BCUT2D eigenvalue weighted by Gasteiger charge is -2.07. The quantitative estimate of drug-likeness (QED) is 0.939. The zero-order chi connectivity index (χ0) is 14.3. The summed E-state index contributed by atoms with van der Waals surface area (Å²) < 4.78 is 0. The number of aromatic nitrogens is 2. The topological polar surface area (TPSA) is 54.9 Å². The maximum atomic E-state index is 12.3. The largest absolute Gasteiger partial charge is 0.302 e. The van der Waals surface area contributed by atoms with Crippen LogP contribution in [0.5, 0.6) is 0 Å². The molecule has 1 atom stereocenters. The van der Waals surface area contributed by atoms with E-state index in [2.05, 4.69) is 15.3 Å². The molecule has 2 saturated carbocycles. The molecule has 0 radical (unpaired) electrons. The Balaban J connectivity index is 1.44. The van der Waals surface area contributed by atoms with Crippen LogP contribution in [0.4, 0.5) is 5.13 Å². The van der Waals surface area contributed by atoms with Crippen molar-refractivity contribution in [2.24, 2.45) is 11.3 Å². The highest BCUT2D eigenvalue weighted by atomic mass is 32.1. The molecule has 2 aromatic heterocycles. The number of pyridine rings is 1. The highest BCUT2D eigenvalue weighted by Gasteiger charge is 2.58. The molecule has 2 aliphatic carbocycles. The SMILES string of the molecule is O=C(Nc1ncc(-c2ccccn2)s1)C1CC12CCCC2. The minimum atomic E-state index is 0.152. The summed E-state index contributed by atoms with van der Waals surface area (Å²) in [5.41, 5.74) is 1.24. The minimum absolute atomic E-state index is 0.152. The van der Waals surface area contributed by atoms with E-state index < -0.39 is 0 Å². The number of hydrogen-bond donors (Lipinski definition) is 1. The Bertz CT molecular complexity index is 661. The number of nitrogens with one attached hydrogen (secondary N) is 1. The van der Waals surface area contributed by atoms with E-state index in [1.165, 1.54) is 37.0 Å². The monoisotopic (exact) mass is 299 g/mol. The Morgan fingerprint density at radius 1 is 1.29 bits per heavy atom. The van der Waals surface area contributed by atoms with Crippen LogP contribution in [0.2, 0.25) is 0 Å². The van der Waals surface area contributed by atoms with Gasteiger partial charge < -0.3 is 5.32 Å². The van der Waals surface area contributed by atoms with E-state index in [-0.39, 0.29) is 11.8 Å². The molecule has 1 spiro atoms. The van der Waals surface area contributed by atoms with Crippen molar-refractivity contribution in [1.82, 2.24) is 9.97 Å². The van der Waals surface area contributed by atoms with Gasteiger partial charge >= 0.3 is 0 Å². The van der Waals surface area contributed by atoms with Crippen LogP contribution in [-0.2, 0) is 4.79 Å². The van der Waals surface area contributed by atoms with Gasteiger partial charge in [-0.2, -0.15) is 0 Å². The molecule has 2 aromatic rings. The average molecular weight is 299 g/mol. The van der Waals surface area contributed by atoms with Gasteiger partial charge in [-0.05, 0) is 36.8 Å². The number of anilines is 1. The van der Waals surface area contributed by atoms with Crippen LogP contribution in [0.25, 0.3) is 10.6 Å². The Morgan fingerprint density at radius 3 is 2.90 bits per heavy atom. The molecule has 2 aliphatic rings. The standard InChI is InChI=1S/C16H17N3OS/c20-14(11-9-16(11)6-2-3-7-16)19-15-18-10-13(21-15)12-5-1-4-8-17-12/h1,4-5,8,10-11H,2-3,6-7,9H2,(H,18,19,20). The molecule has 2 fully saturated rings. The van der Waals surface area contributed by atoms with Crippen LogP contribution in [0.3, 0.4) is 0 Å². The van der Waals surface area contributed by atoms with Crippen molar-refractivity contribution < 1.29 is 4.79 Å². The number of rotatable bonds is 3. The molecule has 2 heterocycles. The lowest BCUT2D eigenvalue weighted by atomic mass is 10.0. The van der Waals surface area contributed by atoms with Gasteiger partial charge in [0.05, 0.1) is 10.6 Å². The second kappa shape index (κ2) is 4.91.